The standard InChI is InChI=1S/C10H16ClN3O3S/c1-3-6-14-9(8-5-4-7(2)17-8)12-13-10(14)18(11,15)16/h7-8H,3-6H2,1-2H3. The summed E-state index contributed by atoms with van der Waals surface area (Å²) < 4.78 is 30.1. The molecule has 1 aromatic heterocycles. The Morgan fingerprint density at radius 1 is 1.44 bits per heavy atom. The molecule has 0 spiro atoms. The summed E-state index contributed by atoms with van der Waals surface area (Å²) in [6, 6.07) is 0. The molecule has 2 heterocycles. The van der Waals surface area contributed by atoms with Crippen molar-refractivity contribution in [1.82, 2.24) is 14.8 Å². The molecule has 0 radical (unpaired) electrons. The van der Waals surface area contributed by atoms with Crippen LogP contribution < -0.4 is 0 Å². The lowest BCUT2D eigenvalue weighted by Gasteiger charge is -2.12. The van der Waals surface area contributed by atoms with Gasteiger partial charge in [0.15, 0.2) is 5.82 Å². The number of halogens is 1. The average Bonchev–Trinajstić information content (AvgIpc) is 2.83. The lowest BCUT2D eigenvalue weighted by Crippen LogP contribution is -2.13. The third kappa shape index (κ3) is 2.67. The van der Waals surface area contributed by atoms with E-state index in [4.69, 9.17) is 15.4 Å². The maximum absolute atomic E-state index is 11.4. The molecule has 0 aliphatic carbocycles. The second-order valence-corrected chi connectivity index (χ2v) is 6.90. The van der Waals surface area contributed by atoms with Crippen LogP contribution >= 0.6 is 10.7 Å². The van der Waals surface area contributed by atoms with Crippen molar-refractivity contribution in [2.45, 2.75) is 57.0 Å². The van der Waals surface area contributed by atoms with E-state index in [1.54, 1.807) is 4.57 Å². The summed E-state index contributed by atoms with van der Waals surface area (Å²) in [7, 11) is 1.48. The van der Waals surface area contributed by atoms with Crippen molar-refractivity contribution in [3.05, 3.63) is 5.82 Å². The summed E-state index contributed by atoms with van der Waals surface area (Å²) >= 11 is 0. The van der Waals surface area contributed by atoms with E-state index in [0.717, 1.165) is 19.3 Å². The van der Waals surface area contributed by atoms with E-state index in [9.17, 15) is 8.42 Å². The molecular formula is C10H16ClN3O3S. The molecule has 2 atom stereocenters. The molecule has 1 saturated heterocycles. The van der Waals surface area contributed by atoms with Crippen LogP contribution in [0.3, 0.4) is 0 Å². The fourth-order valence-corrected chi connectivity index (χ4v) is 3.07. The van der Waals surface area contributed by atoms with Crippen LogP contribution in [0.1, 0.15) is 45.0 Å². The molecule has 1 aliphatic rings. The van der Waals surface area contributed by atoms with Crippen LogP contribution in [-0.2, 0) is 20.3 Å². The van der Waals surface area contributed by atoms with Crippen molar-refractivity contribution < 1.29 is 13.2 Å². The van der Waals surface area contributed by atoms with Crippen molar-refractivity contribution in [3.63, 3.8) is 0 Å². The summed E-state index contributed by atoms with van der Waals surface area (Å²) in [5.41, 5.74) is 0. The van der Waals surface area contributed by atoms with Gasteiger partial charge in [0.25, 0.3) is 14.2 Å². The lowest BCUT2D eigenvalue weighted by molar-refractivity contribution is 0.0476. The van der Waals surface area contributed by atoms with E-state index >= 15 is 0 Å². The first-order valence-corrected chi connectivity index (χ1v) is 8.27. The molecule has 1 fully saturated rings. The first-order valence-electron chi connectivity index (χ1n) is 5.96. The molecular weight excluding hydrogens is 278 g/mol. The number of hydrogen-bond acceptors (Lipinski definition) is 5. The predicted molar refractivity (Wildman–Crippen MR) is 65.9 cm³/mol. The van der Waals surface area contributed by atoms with Gasteiger partial charge < -0.3 is 4.74 Å². The third-order valence-electron chi connectivity index (χ3n) is 2.93. The topological polar surface area (TPSA) is 74.1 Å². The minimum Gasteiger partial charge on any atom is -0.367 e. The second kappa shape index (κ2) is 5.14. The molecule has 2 unspecified atom stereocenters. The number of rotatable bonds is 4. The molecule has 0 amide bonds. The average molecular weight is 294 g/mol. The van der Waals surface area contributed by atoms with E-state index in [1.165, 1.54) is 0 Å². The Hall–Kier alpha value is -0.660. The van der Waals surface area contributed by atoms with Gasteiger partial charge in [-0.05, 0) is 26.2 Å². The summed E-state index contributed by atoms with van der Waals surface area (Å²) in [5, 5.41) is 7.44. The van der Waals surface area contributed by atoms with Crippen LogP contribution in [0.4, 0.5) is 0 Å². The molecule has 8 heteroatoms. The van der Waals surface area contributed by atoms with E-state index in [-0.39, 0.29) is 17.4 Å². The van der Waals surface area contributed by atoms with Gasteiger partial charge in [0.1, 0.15) is 6.10 Å². The summed E-state index contributed by atoms with van der Waals surface area (Å²) in [6.07, 6.45) is 2.51. The highest BCUT2D eigenvalue weighted by atomic mass is 35.7. The quantitative estimate of drug-likeness (QED) is 0.792. The van der Waals surface area contributed by atoms with Crippen molar-refractivity contribution in [2.24, 2.45) is 0 Å². The van der Waals surface area contributed by atoms with Gasteiger partial charge in [-0.15, -0.1) is 10.2 Å². The Bertz CT molecular complexity index is 528. The molecule has 0 aromatic carbocycles. The molecule has 0 N–H and O–H groups in total. The molecule has 0 saturated carbocycles. The summed E-state index contributed by atoms with van der Waals surface area (Å²) in [6.45, 7) is 4.45. The second-order valence-electron chi connectivity index (χ2n) is 4.44. The van der Waals surface area contributed by atoms with Crippen molar-refractivity contribution in [3.8, 4) is 0 Å². The van der Waals surface area contributed by atoms with Crippen LogP contribution in [0.5, 0.6) is 0 Å². The lowest BCUT2D eigenvalue weighted by atomic mass is 10.2. The molecule has 102 valence electrons. The van der Waals surface area contributed by atoms with Gasteiger partial charge in [-0.2, -0.15) is 0 Å². The SMILES string of the molecule is CCCn1c(C2CCC(C)O2)nnc1S(=O)(=O)Cl. The van der Waals surface area contributed by atoms with Crippen molar-refractivity contribution >= 4 is 19.7 Å². The number of nitrogens with zero attached hydrogens (tertiary/aromatic N) is 3. The van der Waals surface area contributed by atoms with Crippen LogP contribution in [0.25, 0.3) is 0 Å². The number of ether oxygens (including phenoxy) is 1. The van der Waals surface area contributed by atoms with E-state index < -0.39 is 9.05 Å². The zero-order valence-electron chi connectivity index (χ0n) is 10.3. The van der Waals surface area contributed by atoms with Gasteiger partial charge in [-0.1, -0.05) is 6.92 Å². The first kappa shape index (κ1) is 13.8. The van der Waals surface area contributed by atoms with Crippen LogP contribution in [0, 0.1) is 0 Å². The zero-order valence-corrected chi connectivity index (χ0v) is 11.9. The van der Waals surface area contributed by atoms with Gasteiger partial charge in [0.2, 0.25) is 0 Å². The molecule has 2 rings (SSSR count). The fourth-order valence-electron chi connectivity index (χ4n) is 2.14. The molecule has 18 heavy (non-hydrogen) atoms. The highest BCUT2D eigenvalue weighted by Gasteiger charge is 2.31. The Morgan fingerprint density at radius 2 is 2.17 bits per heavy atom. The van der Waals surface area contributed by atoms with E-state index in [1.807, 2.05) is 13.8 Å². The van der Waals surface area contributed by atoms with E-state index in [2.05, 4.69) is 10.2 Å². The van der Waals surface area contributed by atoms with Crippen LogP contribution in [-0.4, -0.2) is 29.3 Å². The summed E-state index contributed by atoms with van der Waals surface area (Å²) in [5.74, 6) is 0.556. The van der Waals surface area contributed by atoms with Crippen LogP contribution in [0.15, 0.2) is 5.16 Å². The highest BCUT2D eigenvalue weighted by Crippen LogP contribution is 2.32. The van der Waals surface area contributed by atoms with Gasteiger partial charge >= 0.3 is 0 Å². The Kier molecular flexibility index (Phi) is 3.93. The minimum absolute atomic E-state index is 0.165. The monoisotopic (exact) mass is 293 g/mol. The first-order chi connectivity index (χ1) is 8.43. The number of aromatic nitrogens is 3. The summed E-state index contributed by atoms with van der Waals surface area (Å²) in [4.78, 5) is 0. The minimum atomic E-state index is -3.87. The normalized spacial score (nSPS) is 24.6. The molecule has 1 aliphatic heterocycles. The largest absolute Gasteiger partial charge is 0.367 e. The van der Waals surface area contributed by atoms with Gasteiger partial charge in [-0.3, -0.25) is 4.57 Å². The number of hydrogen-bond donors (Lipinski definition) is 0. The molecule has 1 aromatic rings. The van der Waals surface area contributed by atoms with Crippen LogP contribution in [0.2, 0.25) is 0 Å². The molecule has 6 nitrogen and oxygen atoms in total. The van der Waals surface area contributed by atoms with E-state index in [0.29, 0.717) is 12.4 Å². The van der Waals surface area contributed by atoms with Crippen molar-refractivity contribution in [2.75, 3.05) is 0 Å². The highest BCUT2D eigenvalue weighted by molar-refractivity contribution is 8.13. The van der Waals surface area contributed by atoms with Gasteiger partial charge in [-0.25, -0.2) is 8.42 Å². The van der Waals surface area contributed by atoms with Gasteiger partial charge in [0.05, 0.1) is 6.10 Å². The Morgan fingerprint density at radius 3 is 2.67 bits per heavy atom. The zero-order chi connectivity index (χ0) is 13.3. The fraction of sp³-hybridized carbons (Fsp3) is 0.800. The third-order valence-corrected chi connectivity index (χ3v) is 4.08. The maximum Gasteiger partial charge on any atom is 0.296 e. The Labute approximate surface area is 111 Å². The van der Waals surface area contributed by atoms with Gasteiger partial charge in [0, 0.05) is 17.2 Å². The van der Waals surface area contributed by atoms with Crippen molar-refractivity contribution in [1.29, 1.82) is 0 Å². The Balaban J connectivity index is 2.39. The smallest absolute Gasteiger partial charge is 0.296 e. The predicted octanol–water partition coefficient (Wildman–Crippen LogP) is 1.86. The maximum atomic E-state index is 11.4. The molecule has 0 bridgehead atoms.